The minimum atomic E-state index is 0.138. The molecule has 1 fully saturated rings. The lowest BCUT2D eigenvalue weighted by Gasteiger charge is -2.22. The first-order chi connectivity index (χ1) is 9.75. The molecule has 0 spiro atoms. The van der Waals surface area contributed by atoms with Crippen LogP contribution in [0.15, 0.2) is 24.4 Å². The molecule has 1 unspecified atom stereocenters. The Morgan fingerprint density at radius 3 is 3.10 bits per heavy atom. The predicted molar refractivity (Wildman–Crippen MR) is 80.5 cm³/mol. The van der Waals surface area contributed by atoms with Crippen molar-refractivity contribution in [3.8, 4) is 0 Å². The smallest absolute Gasteiger partial charge is 0.165 e. The average Bonchev–Trinajstić information content (AvgIpc) is 2.91. The molecule has 0 radical (unpaired) electrons. The van der Waals surface area contributed by atoms with Gasteiger partial charge in [-0.3, -0.25) is 4.79 Å². The number of aromatic amines is 1. The summed E-state index contributed by atoms with van der Waals surface area (Å²) in [6.45, 7) is 0.831. The highest BCUT2D eigenvalue weighted by Gasteiger charge is 2.18. The number of nitrogens with one attached hydrogen (secondary N) is 1. The van der Waals surface area contributed by atoms with Gasteiger partial charge in [0.2, 0.25) is 0 Å². The first kappa shape index (κ1) is 13.7. The molecule has 106 valence electrons. The number of hydrogen-bond donors (Lipinski definition) is 1. The van der Waals surface area contributed by atoms with Gasteiger partial charge < -0.3 is 9.72 Å². The van der Waals surface area contributed by atoms with Crippen molar-refractivity contribution in [2.45, 2.75) is 38.2 Å². The lowest BCUT2D eigenvalue weighted by atomic mass is 10.00. The van der Waals surface area contributed by atoms with Crippen molar-refractivity contribution in [1.29, 1.82) is 0 Å². The monoisotopic (exact) mass is 291 g/mol. The van der Waals surface area contributed by atoms with Crippen LogP contribution in [-0.4, -0.2) is 23.5 Å². The zero-order valence-corrected chi connectivity index (χ0v) is 12.1. The molecule has 0 bridgehead atoms. The summed E-state index contributed by atoms with van der Waals surface area (Å²) < 4.78 is 5.67. The van der Waals surface area contributed by atoms with Gasteiger partial charge in [0.15, 0.2) is 5.78 Å². The van der Waals surface area contributed by atoms with Crippen molar-refractivity contribution in [2.24, 2.45) is 0 Å². The maximum absolute atomic E-state index is 12.4. The van der Waals surface area contributed by atoms with Crippen LogP contribution in [0.1, 0.15) is 42.5 Å². The Kier molecular flexibility index (Phi) is 4.08. The van der Waals surface area contributed by atoms with Crippen LogP contribution in [0.4, 0.5) is 0 Å². The van der Waals surface area contributed by atoms with E-state index >= 15 is 0 Å². The molecule has 0 aliphatic carbocycles. The number of carbonyl (C=O) groups is 1. The zero-order valence-electron chi connectivity index (χ0n) is 11.3. The Balaban J connectivity index is 1.72. The number of hydrogen-bond acceptors (Lipinski definition) is 2. The predicted octanol–water partition coefficient (Wildman–Crippen LogP) is 4.35. The second-order valence-electron chi connectivity index (χ2n) is 5.32. The number of H-pyrrole nitrogens is 1. The summed E-state index contributed by atoms with van der Waals surface area (Å²) >= 11 is 6.20. The standard InChI is InChI=1S/C16H18ClNO2/c17-13-5-3-6-14-16(13)12(10-18-14)15(19)8-7-11-4-1-2-9-20-11/h3,5-6,10-11,18H,1-2,4,7-9H2. The minimum absolute atomic E-state index is 0.138. The summed E-state index contributed by atoms with van der Waals surface area (Å²) in [5.74, 6) is 0.138. The minimum Gasteiger partial charge on any atom is -0.378 e. The average molecular weight is 292 g/mol. The summed E-state index contributed by atoms with van der Waals surface area (Å²) in [6.07, 6.45) is 6.75. The molecule has 2 aromatic rings. The first-order valence-electron chi connectivity index (χ1n) is 7.16. The van der Waals surface area contributed by atoms with Crippen molar-refractivity contribution in [1.82, 2.24) is 4.98 Å². The van der Waals surface area contributed by atoms with Crippen LogP contribution in [0.2, 0.25) is 5.02 Å². The van der Waals surface area contributed by atoms with Gasteiger partial charge in [-0.2, -0.15) is 0 Å². The molecule has 1 aromatic heterocycles. The Hall–Kier alpha value is -1.32. The Morgan fingerprint density at radius 2 is 2.30 bits per heavy atom. The van der Waals surface area contributed by atoms with Gasteiger partial charge in [-0.05, 0) is 37.8 Å². The van der Waals surface area contributed by atoms with Crippen LogP contribution in [0.5, 0.6) is 0 Å². The molecule has 1 aliphatic heterocycles. The number of benzene rings is 1. The topological polar surface area (TPSA) is 42.1 Å². The number of ketones is 1. The SMILES string of the molecule is O=C(CCC1CCCCO1)c1c[nH]c2cccc(Cl)c12. The highest BCUT2D eigenvalue weighted by atomic mass is 35.5. The summed E-state index contributed by atoms with van der Waals surface area (Å²) in [6, 6.07) is 5.63. The molecule has 3 rings (SSSR count). The summed E-state index contributed by atoms with van der Waals surface area (Å²) in [7, 11) is 0. The van der Waals surface area contributed by atoms with E-state index < -0.39 is 0 Å². The second kappa shape index (κ2) is 5.98. The summed E-state index contributed by atoms with van der Waals surface area (Å²) in [4.78, 5) is 15.5. The van der Waals surface area contributed by atoms with Crippen LogP contribution >= 0.6 is 11.6 Å². The molecule has 3 nitrogen and oxygen atoms in total. The fourth-order valence-electron chi connectivity index (χ4n) is 2.82. The first-order valence-corrected chi connectivity index (χ1v) is 7.54. The summed E-state index contributed by atoms with van der Waals surface area (Å²) in [5, 5.41) is 1.46. The van der Waals surface area contributed by atoms with E-state index in [0.29, 0.717) is 17.0 Å². The number of halogens is 1. The van der Waals surface area contributed by atoms with Gasteiger partial charge in [0.1, 0.15) is 0 Å². The normalized spacial score (nSPS) is 19.4. The fraction of sp³-hybridized carbons (Fsp3) is 0.438. The molecule has 20 heavy (non-hydrogen) atoms. The van der Waals surface area contributed by atoms with Crippen LogP contribution in [0, 0.1) is 0 Å². The molecule has 4 heteroatoms. The van der Waals surface area contributed by atoms with Crippen molar-refractivity contribution >= 4 is 28.3 Å². The van der Waals surface area contributed by atoms with E-state index in [1.807, 2.05) is 18.2 Å². The molecule has 0 amide bonds. The molecule has 1 aliphatic rings. The fourth-order valence-corrected chi connectivity index (χ4v) is 3.10. The van der Waals surface area contributed by atoms with Gasteiger partial charge in [0.05, 0.1) is 11.1 Å². The highest BCUT2D eigenvalue weighted by Crippen LogP contribution is 2.28. The largest absolute Gasteiger partial charge is 0.378 e. The van der Waals surface area contributed by atoms with Gasteiger partial charge in [0, 0.05) is 35.7 Å². The van der Waals surface area contributed by atoms with Crippen molar-refractivity contribution in [3.63, 3.8) is 0 Å². The Labute approximate surface area is 123 Å². The van der Waals surface area contributed by atoms with E-state index in [0.717, 1.165) is 36.8 Å². The third-order valence-corrected chi connectivity index (χ3v) is 4.24. The summed E-state index contributed by atoms with van der Waals surface area (Å²) in [5.41, 5.74) is 1.61. The van der Waals surface area contributed by atoms with E-state index in [-0.39, 0.29) is 11.9 Å². The third-order valence-electron chi connectivity index (χ3n) is 3.92. The maximum Gasteiger partial charge on any atom is 0.165 e. The van der Waals surface area contributed by atoms with E-state index in [1.54, 1.807) is 6.20 Å². The number of Topliss-reactive ketones (excluding diaryl/α,β-unsaturated/α-hetero) is 1. The lowest BCUT2D eigenvalue weighted by Crippen LogP contribution is -2.19. The molecule has 1 aromatic carbocycles. The number of carbonyl (C=O) groups excluding carboxylic acids is 1. The maximum atomic E-state index is 12.4. The van der Waals surface area contributed by atoms with E-state index in [4.69, 9.17) is 16.3 Å². The van der Waals surface area contributed by atoms with Crippen LogP contribution in [-0.2, 0) is 4.74 Å². The van der Waals surface area contributed by atoms with Crippen molar-refractivity contribution in [3.05, 3.63) is 35.0 Å². The second-order valence-corrected chi connectivity index (χ2v) is 5.72. The molecular weight excluding hydrogens is 274 g/mol. The number of ether oxygens (including phenoxy) is 1. The van der Waals surface area contributed by atoms with Gasteiger partial charge in [-0.15, -0.1) is 0 Å². The highest BCUT2D eigenvalue weighted by molar-refractivity contribution is 6.36. The van der Waals surface area contributed by atoms with Crippen molar-refractivity contribution in [2.75, 3.05) is 6.61 Å². The quantitative estimate of drug-likeness (QED) is 0.851. The Morgan fingerprint density at radius 1 is 1.40 bits per heavy atom. The molecule has 1 saturated heterocycles. The van der Waals surface area contributed by atoms with Crippen LogP contribution < -0.4 is 0 Å². The zero-order chi connectivity index (χ0) is 13.9. The van der Waals surface area contributed by atoms with Crippen molar-refractivity contribution < 1.29 is 9.53 Å². The van der Waals surface area contributed by atoms with Gasteiger partial charge >= 0.3 is 0 Å². The van der Waals surface area contributed by atoms with E-state index in [1.165, 1.54) is 6.42 Å². The van der Waals surface area contributed by atoms with Crippen LogP contribution in [0.25, 0.3) is 10.9 Å². The van der Waals surface area contributed by atoms with E-state index in [2.05, 4.69) is 4.98 Å². The number of rotatable bonds is 4. The Bertz CT molecular complexity index is 614. The molecule has 1 N–H and O–H groups in total. The third kappa shape index (κ3) is 2.74. The van der Waals surface area contributed by atoms with Gasteiger partial charge in [-0.1, -0.05) is 17.7 Å². The molecule has 2 heterocycles. The molecule has 1 atom stereocenters. The number of fused-ring (bicyclic) bond motifs is 1. The van der Waals surface area contributed by atoms with Gasteiger partial charge in [0.25, 0.3) is 0 Å². The molecule has 0 saturated carbocycles. The van der Waals surface area contributed by atoms with E-state index in [9.17, 15) is 4.79 Å². The van der Waals surface area contributed by atoms with Crippen LogP contribution in [0.3, 0.4) is 0 Å². The number of aromatic nitrogens is 1. The van der Waals surface area contributed by atoms with Gasteiger partial charge in [-0.25, -0.2) is 0 Å². The molecular formula is C16H18ClNO2. The lowest BCUT2D eigenvalue weighted by molar-refractivity contribution is 0.0104.